The van der Waals surface area contributed by atoms with Gasteiger partial charge in [-0.2, -0.15) is 0 Å². The SMILES string of the molecule is CCCCCCOc1ccccc1C=CC(=O)OCC. The van der Waals surface area contributed by atoms with Gasteiger partial charge in [0.1, 0.15) is 5.75 Å². The number of hydrogen-bond acceptors (Lipinski definition) is 3. The molecule has 0 aliphatic heterocycles. The van der Waals surface area contributed by atoms with Gasteiger partial charge in [-0.25, -0.2) is 4.79 Å². The van der Waals surface area contributed by atoms with Crippen LogP contribution >= 0.6 is 0 Å². The molecule has 0 aliphatic rings. The monoisotopic (exact) mass is 276 g/mol. The van der Waals surface area contributed by atoms with Gasteiger partial charge in [-0.3, -0.25) is 0 Å². The highest BCUT2D eigenvalue weighted by atomic mass is 16.5. The molecule has 0 aliphatic carbocycles. The molecule has 3 nitrogen and oxygen atoms in total. The van der Waals surface area contributed by atoms with Crippen molar-refractivity contribution in [2.45, 2.75) is 39.5 Å². The first-order valence-electron chi connectivity index (χ1n) is 7.34. The maximum absolute atomic E-state index is 11.3. The van der Waals surface area contributed by atoms with Crippen LogP contribution < -0.4 is 4.74 Å². The van der Waals surface area contributed by atoms with Gasteiger partial charge in [0, 0.05) is 11.6 Å². The summed E-state index contributed by atoms with van der Waals surface area (Å²) >= 11 is 0. The van der Waals surface area contributed by atoms with Crippen molar-refractivity contribution >= 4 is 12.0 Å². The van der Waals surface area contributed by atoms with E-state index in [1.807, 2.05) is 24.3 Å². The number of rotatable bonds is 9. The molecule has 1 rings (SSSR count). The van der Waals surface area contributed by atoms with E-state index in [2.05, 4.69) is 6.92 Å². The molecule has 1 aromatic carbocycles. The lowest BCUT2D eigenvalue weighted by Crippen LogP contribution is -2.00. The summed E-state index contributed by atoms with van der Waals surface area (Å²) in [6.45, 7) is 5.08. The molecule has 0 bridgehead atoms. The van der Waals surface area contributed by atoms with Crippen molar-refractivity contribution in [3.63, 3.8) is 0 Å². The summed E-state index contributed by atoms with van der Waals surface area (Å²) in [5, 5.41) is 0. The minimum absolute atomic E-state index is 0.328. The molecule has 0 saturated carbocycles. The second kappa shape index (κ2) is 10.1. The van der Waals surface area contributed by atoms with Crippen molar-refractivity contribution < 1.29 is 14.3 Å². The van der Waals surface area contributed by atoms with Gasteiger partial charge in [0.25, 0.3) is 0 Å². The molecule has 1 aromatic rings. The molecule has 0 amide bonds. The van der Waals surface area contributed by atoms with Crippen molar-refractivity contribution in [3.05, 3.63) is 35.9 Å². The molecule has 0 saturated heterocycles. The number of unbranched alkanes of at least 4 members (excludes halogenated alkanes) is 3. The van der Waals surface area contributed by atoms with Gasteiger partial charge in [0.15, 0.2) is 0 Å². The van der Waals surface area contributed by atoms with Gasteiger partial charge in [0.05, 0.1) is 13.2 Å². The number of hydrogen-bond donors (Lipinski definition) is 0. The van der Waals surface area contributed by atoms with Crippen LogP contribution in [0.5, 0.6) is 5.75 Å². The van der Waals surface area contributed by atoms with Gasteiger partial charge >= 0.3 is 5.97 Å². The number of esters is 1. The number of benzene rings is 1. The van der Waals surface area contributed by atoms with Gasteiger partial charge in [-0.1, -0.05) is 44.4 Å². The Kier molecular flexibility index (Phi) is 8.20. The molecule has 0 fully saturated rings. The first-order valence-corrected chi connectivity index (χ1v) is 7.34. The first-order chi connectivity index (χ1) is 9.77. The normalized spacial score (nSPS) is 10.7. The standard InChI is InChI=1S/C17H24O3/c1-3-5-6-9-14-20-16-11-8-7-10-15(16)12-13-17(18)19-4-2/h7-8,10-13H,3-6,9,14H2,1-2H3. The Balaban J connectivity index is 2.52. The molecule has 20 heavy (non-hydrogen) atoms. The zero-order valence-corrected chi connectivity index (χ0v) is 12.4. The second-order valence-corrected chi connectivity index (χ2v) is 4.53. The third-order valence-electron chi connectivity index (χ3n) is 2.86. The molecule has 110 valence electrons. The molecule has 3 heteroatoms. The Morgan fingerprint density at radius 3 is 2.70 bits per heavy atom. The van der Waals surface area contributed by atoms with Crippen LogP contribution in [0.25, 0.3) is 6.08 Å². The van der Waals surface area contributed by atoms with Gasteiger partial charge in [-0.05, 0) is 25.5 Å². The van der Waals surface area contributed by atoms with E-state index in [1.54, 1.807) is 13.0 Å². The lowest BCUT2D eigenvalue weighted by Gasteiger charge is -2.08. The number of carbonyl (C=O) groups is 1. The molecule has 0 spiro atoms. The zero-order chi connectivity index (χ0) is 14.6. The van der Waals surface area contributed by atoms with Gasteiger partial charge in [0.2, 0.25) is 0 Å². The highest BCUT2D eigenvalue weighted by Gasteiger charge is 2.01. The molecule has 0 heterocycles. The maximum atomic E-state index is 11.3. The Bertz CT molecular complexity index is 424. The third kappa shape index (κ3) is 6.41. The van der Waals surface area contributed by atoms with E-state index in [0.29, 0.717) is 13.2 Å². The van der Waals surface area contributed by atoms with Crippen LogP contribution in [-0.4, -0.2) is 19.2 Å². The Hall–Kier alpha value is -1.77. The Labute approximate surface area is 121 Å². The Morgan fingerprint density at radius 2 is 1.95 bits per heavy atom. The summed E-state index contributed by atoms with van der Waals surface area (Å²) < 4.78 is 10.6. The summed E-state index contributed by atoms with van der Waals surface area (Å²) in [6, 6.07) is 7.71. The molecule has 0 aromatic heterocycles. The fraction of sp³-hybridized carbons (Fsp3) is 0.471. The van der Waals surface area contributed by atoms with Crippen molar-refractivity contribution in [1.29, 1.82) is 0 Å². The summed E-state index contributed by atoms with van der Waals surface area (Å²) in [4.78, 5) is 11.3. The van der Waals surface area contributed by atoms with E-state index >= 15 is 0 Å². The van der Waals surface area contributed by atoms with E-state index in [0.717, 1.165) is 17.7 Å². The highest BCUT2D eigenvalue weighted by Crippen LogP contribution is 2.20. The number of para-hydroxylation sites is 1. The van der Waals surface area contributed by atoms with E-state index < -0.39 is 0 Å². The summed E-state index contributed by atoms with van der Waals surface area (Å²) in [7, 11) is 0. The number of carbonyl (C=O) groups excluding carboxylic acids is 1. The smallest absolute Gasteiger partial charge is 0.330 e. The lowest BCUT2D eigenvalue weighted by molar-refractivity contribution is -0.137. The minimum Gasteiger partial charge on any atom is -0.493 e. The quantitative estimate of drug-likeness (QED) is 0.385. The van der Waals surface area contributed by atoms with E-state index in [1.165, 1.54) is 25.3 Å². The lowest BCUT2D eigenvalue weighted by atomic mass is 10.2. The fourth-order valence-corrected chi connectivity index (χ4v) is 1.81. The van der Waals surface area contributed by atoms with Crippen molar-refractivity contribution in [2.24, 2.45) is 0 Å². The van der Waals surface area contributed by atoms with Gasteiger partial charge < -0.3 is 9.47 Å². The maximum Gasteiger partial charge on any atom is 0.330 e. The molecule has 0 atom stereocenters. The van der Waals surface area contributed by atoms with Crippen LogP contribution in [0.15, 0.2) is 30.3 Å². The van der Waals surface area contributed by atoms with Crippen LogP contribution in [0, 0.1) is 0 Å². The van der Waals surface area contributed by atoms with E-state index in [-0.39, 0.29) is 5.97 Å². The fourth-order valence-electron chi connectivity index (χ4n) is 1.81. The van der Waals surface area contributed by atoms with Crippen LogP contribution in [0.4, 0.5) is 0 Å². The molecular formula is C17H24O3. The Morgan fingerprint density at radius 1 is 1.15 bits per heavy atom. The average molecular weight is 276 g/mol. The van der Waals surface area contributed by atoms with Gasteiger partial charge in [-0.15, -0.1) is 0 Å². The third-order valence-corrected chi connectivity index (χ3v) is 2.86. The molecule has 0 N–H and O–H groups in total. The minimum atomic E-state index is -0.328. The first kappa shape index (κ1) is 16.3. The summed E-state index contributed by atoms with van der Waals surface area (Å²) in [6.07, 6.45) is 7.88. The number of ether oxygens (including phenoxy) is 2. The largest absolute Gasteiger partial charge is 0.493 e. The van der Waals surface area contributed by atoms with Crippen molar-refractivity contribution in [2.75, 3.05) is 13.2 Å². The average Bonchev–Trinajstić information content (AvgIpc) is 2.46. The molecular weight excluding hydrogens is 252 g/mol. The van der Waals surface area contributed by atoms with Crippen LogP contribution in [-0.2, 0) is 9.53 Å². The molecule has 0 radical (unpaired) electrons. The van der Waals surface area contributed by atoms with E-state index in [9.17, 15) is 4.79 Å². The highest BCUT2D eigenvalue weighted by molar-refractivity contribution is 5.87. The summed E-state index contributed by atoms with van der Waals surface area (Å²) in [5.74, 6) is 0.481. The summed E-state index contributed by atoms with van der Waals surface area (Å²) in [5.41, 5.74) is 0.899. The predicted octanol–water partition coefficient (Wildman–Crippen LogP) is 4.22. The zero-order valence-electron chi connectivity index (χ0n) is 12.4. The predicted molar refractivity (Wildman–Crippen MR) is 81.7 cm³/mol. The second-order valence-electron chi connectivity index (χ2n) is 4.53. The van der Waals surface area contributed by atoms with Crippen molar-refractivity contribution in [3.8, 4) is 5.75 Å². The van der Waals surface area contributed by atoms with Crippen LogP contribution in [0.2, 0.25) is 0 Å². The topological polar surface area (TPSA) is 35.5 Å². The van der Waals surface area contributed by atoms with Crippen molar-refractivity contribution in [1.82, 2.24) is 0 Å². The van der Waals surface area contributed by atoms with Crippen LogP contribution in [0.3, 0.4) is 0 Å². The molecule has 0 unspecified atom stereocenters. The van der Waals surface area contributed by atoms with E-state index in [4.69, 9.17) is 9.47 Å². The van der Waals surface area contributed by atoms with Crippen LogP contribution in [0.1, 0.15) is 45.1 Å².